The third-order valence-electron chi connectivity index (χ3n) is 3.90. The van der Waals surface area contributed by atoms with E-state index in [0.29, 0.717) is 22.1 Å². The molecule has 0 saturated carbocycles. The number of aromatic nitrogens is 2. The molecule has 2 aromatic carbocycles. The molecule has 3 N–H and O–H groups in total. The van der Waals surface area contributed by atoms with Gasteiger partial charge in [-0.05, 0) is 37.3 Å². The lowest BCUT2D eigenvalue weighted by Crippen LogP contribution is -2.16. The number of hydrogen-bond donors (Lipinski definition) is 2. The Morgan fingerprint density at radius 2 is 1.78 bits per heavy atom. The van der Waals surface area contributed by atoms with Crippen LogP contribution in [0.15, 0.2) is 60.7 Å². The fourth-order valence-corrected chi connectivity index (χ4v) is 2.92. The predicted molar refractivity (Wildman–Crippen MR) is 106 cm³/mol. The molecule has 3 rings (SSSR count). The number of anilines is 1. The maximum Gasteiger partial charge on any atom is 0.250 e. The number of nitrogens with two attached hydrogens (primary N) is 1. The molecule has 7 heteroatoms. The number of benzene rings is 2. The molecular formula is C20H17ClN4O2. The van der Waals surface area contributed by atoms with E-state index in [-0.39, 0.29) is 5.56 Å². The van der Waals surface area contributed by atoms with Gasteiger partial charge in [0.2, 0.25) is 5.91 Å². The Morgan fingerprint density at radius 3 is 2.48 bits per heavy atom. The summed E-state index contributed by atoms with van der Waals surface area (Å²) in [6.07, 6.45) is 2.93. The number of carbonyl (C=O) groups is 2. The highest BCUT2D eigenvalue weighted by molar-refractivity contribution is 6.31. The lowest BCUT2D eigenvalue weighted by molar-refractivity contribution is -0.111. The van der Waals surface area contributed by atoms with E-state index in [9.17, 15) is 9.59 Å². The Kier molecular flexibility index (Phi) is 5.38. The SMILES string of the molecule is Cc1nn(-c2ccccc2)c(Cl)c1/C=C/C(=O)Nc1ccccc1C(N)=O. The minimum absolute atomic E-state index is 0.241. The number of primary amides is 1. The Bertz CT molecular complexity index is 1030. The first-order valence-corrected chi connectivity index (χ1v) is 8.53. The molecule has 136 valence electrons. The number of carbonyl (C=O) groups excluding carboxylic acids is 2. The minimum Gasteiger partial charge on any atom is -0.366 e. The quantitative estimate of drug-likeness (QED) is 0.663. The standard InChI is InChI=1S/C20H17ClN4O2/c1-13-15(19(21)25(24-13)14-7-3-2-4-8-14)11-12-18(26)23-17-10-6-5-9-16(17)20(22)27/h2-12H,1H3,(H2,22,27)(H,23,26)/b12-11+. The van der Waals surface area contributed by atoms with Crippen molar-refractivity contribution in [2.75, 3.05) is 5.32 Å². The van der Waals surface area contributed by atoms with Crippen molar-refractivity contribution >= 4 is 35.2 Å². The average molecular weight is 381 g/mol. The number of aryl methyl sites for hydroxylation is 1. The Balaban J connectivity index is 1.82. The summed E-state index contributed by atoms with van der Waals surface area (Å²) in [6.45, 7) is 1.81. The van der Waals surface area contributed by atoms with Crippen molar-refractivity contribution < 1.29 is 9.59 Å². The van der Waals surface area contributed by atoms with Gasteiger partial charge in [-0.1, -0.05) is 41.9 Å². The van der Waals surface area contributed by atoms with E-state index in [4.69, 9.17) is 17.3 Å². The zero-order valence-electron chi connectivity index (χ0n) is 14.5. The second kappa shape index (κ2) is 7.88. The molecule has 0 fully saturated rings. The molecule has 6 nitrogen and oxygen atoms in total. The fourth-order valence-electron chi connectivity index (χ4n) is 2.58. The second-order valence-electron chi connectivity index (χ2n) is 5.77. The Morgan fingerprint density at radius 1 is 1.11 bits per heavy atom. The highest BCUT2D eigenvalue weighted by Gasteiger charge is 2.13. The molecule has 0 atom stereocenters. The van der Waals surface area contributed by atoms with Crippen LogP contribution < -0.4 is 11.1 Å². The van der Waals surface area contributed by atoms with Crippen LogP contribution in [0.4, 0.5) is 5.69 Å². The van der Waals surface area contributed by atoms with Crippen LogP contribution in [0.3, 0.4) is 0 Å². The fraction of sp³-hybridized carbons (Fsp3) is 0.0500. The average Bonchev–Trinajstić information content (AvgIpc) is 2.95. The Labute approximate surface area is 161 Å². The summed E-state index contributed by atoms with van der Waals surface area (Å²) >= 11 is 6.43. The number of para-hydroxylation sites is 2. The summed E-state index contributed by atoms with van der Waals surface area (Å²) in [5.74, 6) is -1.02. The molecule has 0 saturated heterocycles. The third kappa shape index (κ3) is 4.07. The topological polar surface area (TPSA) is 90.0 Å². The maximum atomic E-state index is 12.2. The van der Waals surface area contributed by atoms with Gasteiger partial charge in [-0.25, -0.2) is 4.68 Å². The van der Waals surface area contributed by atoms with Crippen molar-refractivity contribution in [2.24, 2.45) is 5.73 Å². The second-order valence-corrected chi connectivity index (χ2v) is 6.13. The van der Waals surface area contributed by atoms with Gasteiger partial charge in [0.15, 0.2) is 0 Å². The van der Waals surface area contributed by atoms with E-state index < -0.39 is 11.8 Å². The highest BCUT2D eigenvalue weighted by atomic mass is 35.5. The smallest absolute Gasteiger partial charge is 0.250 e. The molecule has 0 spiro atoms. The number of rotatable bonds is 5. The van der Waals surface area contributed by atoms with Crippen molar-refractivity contribution in [2.45, 2.75) is 6.92 Å². The molecule has 27 heavy (non-hydrogen) atoms. The first kappa shape index (κ1) is 18.4. The van der Waals surface area contributed by atoms with Crippen LogP contribution in [0, 0.1) is 6.92 Å². The summed E-state index contributed by atoms with van der Waals surface area (Å²) in [7, 11) is 0. The summed E-state index contributed by atoms with van der Waals surface area (Å²) in [5.41, 5.74) is 8.05. The number of nitrogens with one attached hydrogen (secondary N) is 1. The summed E-state index contributed by atoms with van der Waals surface area (Å²) in [5, 5.41) is 7.47. The monoisotopic (exact) mass is 380 g/mol. The van der Waals surface area contributed by atoms with Crippen LogP contribution in [0.2, 0.25) is 5.15 Å². The van der Waals surface area contributed by atoms with E-state index in [1.165, 1.54) is 6.08 Å². The molecule has 0 bridgehead atoms. The van der Waals surface area contributed by atoms with Gasteiger partial charge in [-0.3, -0.25) is 9.59 Å². The van der Waals surface area contributed by atoms with E-state index in [2.05, 4.69) is 10.4 Å². The normalized spacial score (nSPS) is 10.9. The molecule has 0 unspecified atom stereocenters. The van der Waals surface area contributed by atoms with Crippen molar-refractivity contribution in [1.82, 2.24) is 9.78 Å². The van der Waals surface area contributed by atoms with E-state index in [1.54, 1.807) is 35.0 Å². The van der Waals surface area contributed by atoms with Gasteiger partial charge in [0, 0.05) is 11.6 Å². The van der Waals surface area contributed by atoms with Crippen LogP contribution in [0.5, 0.6) is 0 Å². The Hall–Kier alpha value is -3.38. The number of halogens is 1. The first-order chi connectivity index (χ1) is 13.0. The zero-order valence-corrected chi connectivity index (χ0v) is 15.3. The predicted octanol–water partition coefficient (Wildman–Crippen LogP) is 3.58. The molecule has 0 radical (unpaired) electrons. The summed E-state index contributed by atoms with van der Waals surface area (Å²) in [6, 6.07) is 16.0. The largest absolute Gasteiger partial charge is 0.366 e. The van der Waals surface area contributed by atoms with Crippen LogP contribution in [0.1, 0.15) is 21.6 Å². The van der Waals surface area contributed by atoms with E-state index >= 15 is 0 Å². The number of amides is 2. The molecule has 1 heterocycles. The number of nitrogens with zero attached hydrogens (tertiary/aromatic N) is 2. The van der Waals surface area contributed by atoms with Gasteiger partial charge in [0.25, 0.3) is 5.91 Å². The van der Waals surface area contributed by atoms with Crippen LogP contribution in [-0.4, -0.2) is 21.6 Å². The highest BCUT2D eigenvalue weighted by Crippen LogP contribution is 2.24. The minimum atomic E-state index is -0.613. The van der Waals surface area contributed by atoms with Gasteiger partial charge in [0.05, 0.1) is 22.6 Å². The van der Waals surface area contributed by atoms with E-state index in [0.717, 1.165) is 5.69 Å². The van der Waals surface area contributed by atoms with Gasteiger partial charge >= 0.3 is 0 Å². The summed E-state index contributed by atoms with van der Waals surface area (Å²) < 4.78 is 1.61. The molecular weight excluding hydrogens is 364 g/mol. The van der Waals surface area contributed by atoms with Crippen LogP contribution in [-0.2, 0) is 4.79 Å². The van der Waals surface area contributed by atoms with Crippen molar-refractivity contribution in [3.63, 3.8) is 0 Å². The van der Waals surface area contributed by atoms with E-state index in [1.807, 2.05) is 37.3 Å². The summed E-state index contributed by atoms with van der Waals surface area (Å²) in [4.78, 5) is 23.7. The van der Waals surface area contributed by atoms with Crippen LogP contribution in [0.25, 0.3) is 11.8 Å². The first-order valence-electron chi connectivity index (χ1n) is 8.16. The van der Waals surface area contributed by atoms with Crippen molar-refractivity contribution in [3.8, 4) is 5.69 Å². The molecule has 3 aromatic rings. The molecule has 0 aliphatic rings. The molecule has 0 aliphatic carbocycles. The number of hydrogen-bond acceptors (Lipinski definition) is 3. The zero-order chi connectivity index (χ0) is 19.4. The lowest BCUT2D eigenvalue weighted by Gasteiger charge is -2.06. The third-order valence-corrected chi connectivity index (χ3v) is 4.26. The molecule has 2 amide bonds. The molecule has 1 aromatic heterocycles. The van der Waals surface area contributed by atoms with Crippen LogP contribution >= 0.6 is 11.6 Å². The lowest BCUT2D eigenvalue weighted by atomic mass is 10.1. The van der Waals surface area contributed by atoms with Gasteiger partial charge in [0.1, 0.15) is 5.15 Å². The van der Waals surface area contributed by atoms with Crippen molar-refractivity contribution in [3.05, 3.63) is 82.6 Å². The maximum absolute atomic E-state index is 12.2. The van der Waals surface area contributed by atoms with Gasteiger partial charge in [-0.15, -0.1) is 0 Å². The van der Waals surface area contributed by atoms with Gasteiger partial charge < -0.3 is 11.1 Å². The van der Waals surface area contributed by atoms with Gasteiger partial charge in [-0.2, -0.15) is 5.10 Å². The van der Waals surface area contributed by atoms with Crippen molar-refractivity contribution in [1.29, 1.82) is 0 Å². The molecule has 0 aliphatic heterocycles.